The molecule has 0 saturated carbocycles. The van der Waals surface area contributed by atoms with Crippen molar-refractivity contribution in [2.75, 3.05) is 61.0 Å². The Labute approximate surface area is 229 Å². The minimum atomic E-state index is -3.01. The van der Waals surface area contributed by atoms with Crippen LogP contribution in [-0.2, 0) is 14.6 Å². The minimum Gasteiger partial charge on any atom is -0.482 e. The SMILES string of the molecule is C=CC(=O)N1CC(N2CCC(c3cc4c(c(C)n3)O[C@H](C)c3c(ncnc3N3CCS(=O)(=O)CC3)N4)CC2)C1. The Hall–Kier alpha value is -3.25. The Morgan fingerprint density at radius 1 is 1.15 bits per heavy atom. The Bertz CT molecular complexity index is 1390. The Morgan fingerprint density at radius 3 is 2.56 bits per heavy atom. The monoisotopic (exact) mass is 553 g/mol. The molecule has 12 heteroatoms. The lowest BCUT2D eigenvalue weighted by molar-refractivity contribution is -0.133. The average molecular weight is 554 g/mol. The van der Waals surface area contributed by atoms with Crippen LogP contribution in [0.5, 0.6) is 5.75 Å². The summed E-state index contributed by atoms with van der Waals surface area (Å²) in [6, 6.07) is 2.52. The van der Waals surface area contributed by atoms with Crippen LogP contribution < -0.4 is 15.0 Å². The second-order valence-corrected chi connectivity index (χ2v) is 13.2. The van der Waals surface area contributed by atoms with Crippen molar-refractivity contribution in [1.82, 2.24) is 24.8 Å². The van der Waals surface area contributed by atoms with Crippen molar-refractivity contribution in [3.8, 4) is 5.75 Å². The number of nitrogens with one attached hydrogen (secondary N) is 1. The van der Waals surface area contributed by atoms with Gasteiger partial charge in [-0.25, -0.2) is 18.4 Å². The van der Waals surface area contributed by atoms with E-state index in [0.717, 1.165) is 61.7 Å². The molecule has 1 amide bonds. The highest BCUT2D eigenvalue weighted by molar-refractivity contribution is 7.91. The van der Waals surface area contributed by atoms with Crippen LogP contribution >= 0.6 is 0 Å². The molecule has 2 aromatic heterocycles. The zero-order valence-electron chi connectivity index (χ0n) is 22.5. The van der Waals surface area contributed by atoms with Gasteiger partial charge in [0.15, 0.2) is 15.6 Å². The van der Waals surface area contributed by atoms with Crippen molar-refractivity contribution in [3.63, 3.8) is 0 Å². The third-order valence-corrected chi connectivity index (χ3v) is 10.0. The van der Waals surface area contributed by atoms with Gasteiger partial charge in [0.05, 0.1) is 28.5 Å². The van der Waals surface area contributed by atoms with E-state index in [1.54, 1.807) is 0 Å². The highest BCUT2D eigenvalue weighted by Gasteiger charge is 2.36. The fraction of sp³-hybridized carbons (Fsp3) is 0.556. The van der Waals surface area contributed by atoms with Crippen LogP contribution in [0.15, 0.2) is 25.0 Å². The summed E-state index contributed by atoms with van der Waals surface area (Å²) in [5, 5.41) is 3.50. The lowest BCUT2D eigenvalue weighted by Crippen LogP contribution is -2.61. The molecule has 2 aromatic rings. The summed E-state index contributed by atoms with van der Waals surface area (Å²) in [7, 11) is -3.01. The molecule has 1 N–H and O–H groups in total. The van der Waals surface area contributed by atoms with E-state index < -0.39 is 9.84 Å². The van der Waals surface area contributed by atoms with E-state index in [2.05, 4.69) is 32.8 Å². The third kappa shape index (κ3) is 4.95. The third-order valence-electron chi connectivity index (χ3n) is 8.44. The van der Waals surface area contributed by atoms with Crippen molar-refractivity contribution in [2.24, 2.45) is 0 Å². The van der Waals surface area contributed by atoms with E-state index in [1.165, 1.54) is 12.4 Å². The van der Waals surface area contributed by atoms with Gasteiger partial charge in [0.2, 0.25) is 5.91 Å². The lowest BCUT2D eigenvalue weighted by Gasteiger charge is -2.47. The Kier molecular flexibility index (Phi) is 6.70. The van der Waals surface area contributed by atoms with Gasteiger partial charge in [0.1, 0.15) is 24.1 Å². The Balaban J connectivity index is 1.19. The van der Waals surface area contributed by atoms with Crippen molar-refractivity contribution in [2.45, 2.75) is 44.8 Å². The van der Waals surface area contributed by atoms with E-state index in [9.17, 15) is 13.2 Å². The molecular weight excluding hydrogens is 518 g/mol. The van der Waals surface area contributed by atoms with Gasteiger partial charge in [0, 0.05) is 43.8 Å². The number of pyridine rings is 1. The van der Waals surface area contributed by atoms with E-state index in [1.807, 2.05) is 23.6 Å². The number of aryl methyl sites for hydroxylation is 1. The first-order chi connectivity index (χ1) is 18.7. The number of hydrogen-bond donors (Lipinski definition) is 1. The smallest absolute Gasteiger partial charge is 0.246 e. The number of ether oxygens (including phenoxy) is 1. The van der Waals surface area contributed by atoms with Gasteiger partial charge in [-0.05, 0) is 51.9 Å². The van der Waals surface area contributed by atoms with Crippen molar-refractivity contribution < 1.29 is 17.9 Å². The number of aromatic nitrogens is 3. The number of fused-ring (bicyclic) bond motifs is 2. The van der Waals surface area contributed by atoms with Crippen LogP contribution in [0.4, 0.5) is 17.3 Å². The van der Waals surface area contributed by atoms with E-state index >= 15 is 0 Å². The van der Waals surface area contributed by atoms with Crippen LogP contribution in [0, 0.1) is 6.92 Å². The van der Waals surface area contributed by atoms with Gasteiger partial charge < -0.3 is 19.9 Å². The molecule has 208 valence electrons. The fourth-order valence-electron chi connectivity index (χ4n) is 6.09. The van der Waals surface area contributed by atoms with Crippen molar-refractivity contribution in [3.05, 3.63) is 42.0 Å². The van der Waals surface area contributed by atoms with Gasteiger partial charge in [-0.1, -0.05) is 6.58 Å². The van der Waals surface area contributed by atoms with Crippen molar-refractivity contribution in [1.29, 1.82) is 0 Å². The molecule has 11 nitrogen and oxygen atoms in total. The Morgan fingerprint density at radius 2 is 1.87 bits per heavy atom. The molecule has 3 saturated heterocycles. The zero-order chi connectivity index (χ0) is 27.3. The van der Waals surface area contributed by atoms with Crippen LogP contribution in [0.25, 0.3) is 0 Å². The lowest BCUT2D eigenvalue weighted by atomic mass is 9.90. The van der Waals surface area contributed by atoms with Gasteiger partial charge >= 0.3 is 0 Å². The van der Waals surface area contributed by atoms with Gasteiger partial charge in [0.25, 0.3) is 0 Å². The molecule has 6 heterocycles. The zero-order valence-corrected chi connectivity index (χ0v) is 23.3. The van der Waals surface area contributed by atoms with Gasteiger partial charge in [-0.3, -0.25) is 14.7 Å². The molecular formula is C27H35N7O4S. The summed E-state index contributed by atoms with van der Waals surface area (Å²) < 4.78 is 30.4. The number of piperidine rings is 1. The number of likely N-dealkylation sites (tertiary alicyclic amines) is 2. The first kappa shape index (κ1) is 26.0. The number of hydrogen-bond acceptors (Lipinski definition) is 10. The number of anilines is 3. The minimum absolute atomic E-state index is 0.0117. The number of sulfone groups is 1. The summed E-state index contributed by atoms with van der Waals surface area (Å²) in [5.41, 5.74) is 3.54. The summed E-state index contributed by atoms with van der Waals surface area (Å²) in [4.78, 5) is 32.2. The molecule has 3 fully saturated rings. The number of carbonyl (C=O) groups excluding carboxylic acids is 1. The first-order valence-corrected chi connectivity index (χ1v) is 15.5. The normalized spacial score (nSPS) is 23.5. The molecule has 0 spiro atoms. The average Bonchev–Trinajstić information content (AvgIpc) is 3.04. The number of amides is 1. The van der Waals surface area contributed by atoms with Crippen LogP contribution in [-0.4, -0.2) is 95.9 Å². The summed E-state index contributed by atoms with van der Waals surface area (Å²) in [5.74, 6) is 2.68. The summed E-state index contributed by atoms with van der Waals surface area (Å²) >= 11 is 0. The highest BCUT2D eigenvalue weighted by Crippen LogP contribution is 2.44. The summed E-state index contributed by atoms with van der Waals surface area (Å²) in [6.07, 6.45) is 4.59. The van der Waals surface area contributed by atoms with Crippen molar-refractivity contribution >= 4 is 33.1 Å². The molecule has 0 aliphatic carbocycles. The molecule has 4 aliphatic heterocycles. The van der Waals surface area contributed by atoms with Crippen LogP contribution in [0.3, 0.4) is 0 Å². The maximum atomic E-state index is 12.0. The van der Waals surface area contributed by atoms with E-state index in [4.69, 9.17) is 9.72 Å². The number of carbonyl (C=O) groups is 1. The molecule has 0 bridgehead atoms. The molecule has 0 aromatic carbocycles. The molecule has 0 unspecified atom stereocenters. The fourth-order valence-corrected chi connectivity index (χ4v) is 7.29. The molecule has 6 rings (SSSR count). The predicted octanol–water partition coefficient (Wildman–Crippen LogP) is 2.19. The molecule has 39 heavy (non-hydrogen) atoms. The number of nitrogens with zero attached hydrogens (tertiary/aromatic N) is 6. The predicted molar refractivity (Wildman–Crippen MR) is 148 cm³/mol. The molecule has 0 radical (unpaired) electrons. The maximum Gasteiger partial charge on any atom is 0.246 e. The molecule has 1 atom stereocenters. The quantitative estimate of drug-likeness (QED) is 0.564. The standard InChI is InChI=1S/C27H35N7O4S/c1-4-23(35)34-14-20(15-34)32-7-5-19(6-8-32)21-13-22-25(17(2)30-21)38-18(3)24-26(31-22)28-16-29-27(24)33-9-11-39(36,37)12-10-33/h4,13,16,18-20H,1,5-12,14-15H2,2-3H3,(H,28,29,31)/t18-/m1/s1. The van der Waals surface area contributed by atoms with E-state index in [0.29, 0.717) is 42.4 Å². The summed E-state index contributed by atoms with van der Waals surface area (Å²) in [6.45, 7) is 11.8. The first-order valence-electron chi connectivity index (χ1n) is 13.6. The molecule has 4 aliphatic rings. The number of rotatable bonds is 4. The second-order valence-electron chi connectivity index (χ2n) is 10.9. The van der Waals surface area contributed by atoms with Crippen LogP contribution in [0.1, 0.15) is 48.7 Å². The highest BCUT2D eigenvalue weighted by atomic mass is 32.2. The van der Waals surface area contributed by atoms with Gasteiger partial charge in [-0.2, -0.15) is 0 Å². The topological polar surface area (TPSA) is 121 Å². The largest absolute Gasteiger partial charge is 0.482 e. The van der Waals surface area contributed by atoms with Crippen LogP contribution in [0.2, 0.25) is 0 Å². The second kappa shape index (κ2) is 10.1. The maximum absolute atomic E-state index is 12.0. The van der Waals surface area contributed by atoms with Gasteiger partial charge in [-0.15, -0.1) is 0 Å². The van der Waals surface area contributed by atoms with E-state index in [-0.39, 0.29) is 23.5 Å².